The zero-order chi connectivity index (χ0) is 15.1. The quantitative estimate of drug-likeness (QED) is 0.438. The van der Waals surface area contributed by atoms with Gasteiger partial charge >= 0.3 is 0 Å². The zero-order valence-electron chi connectivity index (χ0n) is 11.7. The van der Waals surface area contributed by atoms with Gasteiger partial charge in [0.05, 0.1) is 17.6 Å². The van der Waals surface area contributed by atoms with Gasteiger partial charge in [-0.25, -0.2) is 4.98 Å². The van der Waals surface area contributed by atoms with Crippen molar-refractivity contribution in [2.75, 3.05) is 18.5 Å². The molecule has 0 unspecified atom stereocenters. The topological polar surface area (TPSA) is 106 Å². The summed E-state index contributed by atoms with van der Waals surface area (Å²) in [6.45, 7) is 2.98. The summed E-state index contributed by atoms with van der Waals surface area (Å²) in [5.41, 5.74) is 0.684. The van der Waals surface area contributed by atoms with E-state index in [0.29, 0.717) is 24.6 Å². The lowest BCUT2D eigenvalue weighted by Crippen LogP contribution is -2.05. The van der Waals surface area contributed by atoms with Crippen molar-refractivity contribution in [2.24, 2.45) is 0 Å². The molecular weight excluding hydrogens is 274 g/mol. The predicted molar refractivity (Wildman–Crippen MR) is 77.5 cm³/mol. The number of aryl methyl sites for hydroxylation is 1. The van der Waals surface area contributed by atoms with Crippen LogP contribution < -0.4 is 10.1 Å². The van der Waals surface area contributed by atoms with E-state index in [-0.39, 0.29) is 5.69 Å². The number of H-pyrrole nitrogens is 1. The van der Waals surface area contributed by atoms with Gasteiger partial charge in [0.1, 0.15) is 17.9 Å². The number of nitrogens with one attached hydrogen (secondary N) is 2. The number of hydrogen-bond acceptors (Lipinski definition) is 6. The first-order valence-corrected chi connectivity index (χ1v) is 6.69. The molecule has 1 aromatic heterocycles. The molecule has 0 atom stereocenters. The third-order valence-electron chi connectivity index (χ3n) is 2.80. The lowest BCUT2D eigenvalue weighted by Gasteiger charge is -2.09. The number of nitro benzene ring substituents is 1. The zero-order valence-corrected chi connectivity index (χ0v) is 11.7. The van der Waals surface area contributed by atoms with Gasteiger partial charge in [0.25, 0.3) is 5.69 Å². The number of aromatic amines is 1. The van der Waals surface area contributed by atoms with Crippen LogP contribution in [0.3, 0.4) is 0 Å². The molecule has 0 aliphatic rings. The van der Waals surface area contributed by atoms with Crippen molar-refractivity contribution in [1.82, 2.24) is 15.2 Å². The summed E-state index contributed by atoms with van der Waals surface area (Å²) in [5, 5.41) is 20.6. The summed E-state index contributed by atoms with van der Waals surface area (Å²) < 4.78 is 5.33. The van der Waals surface area contributed by atoms with E-state index >= 15 is 0 Å². The molecule has 0 saturated heterocycles. The van der Waals surface area contributed by atoms with Crippen LogP contribution in [-0.4, -0.2) is 33.3 Å². The SMILES string of the molecule is CCOc1cc(NCCCc2ncn[nH]2)cc([N+](=O)[O-])c1. The standard InChI is InChI=1S/C13H17N5O3/c1-2-21-12-7-10(6-11(8-12)18(19)20)14-5-3-4-13-15-9-16-17-13/h6-9,14H,2-5H2,1H3,(H,15,16,17). The summed E-state index contributed by atoms with van der Waals surface area (Å²) in [7, 11) is 0. The first-order chi connectivity index (χ1) is 10.2. The van der Waals surface area contributed by atoms with Crippen LogP contribution >= 0.6 is 0 Å². The Hall–Kier alpha value is -2.64. The molecule has 0 aliphatic heterocycles. The average molecular weight is 291 g/mol. The van der Waals surface area contributed by atoms with E-state index in [1.165, 1.54) is 18.5 Å². The fraction of sp³-hybridized carbons (Fsp3) is 0.385. The second-order valence-corrected chi connectivity index (χ2v) is 4.37. The Labute approximate surface area is 121 Å². The van der Waals surface area contributed by atoms with E-state index in [1.807, 2.05) is 6.92 Å². The van der Waals surface area contributed by atoms with Gasteiger partial charge in [-0.1, -0.05) is 0 Å². The Balaban J connectivity index is 1.93. The second-order valence-electron chi connectivity index (χ2n) is 4.37. The fourth-order valence-electron chi connectivity index (χ4n) is 1.88. The third-order valence-corrected chi connectivity index (χ3v) is 2.80. The van der Waals surface area contributed by atoms with E-state index < -0.39 is 4.92 Å². The van der Waals surface area contributed by atoms with Crippen LogP contribution in [0.5, 0.6) is 5.75 Å². The van der Waals surface area contributed by atoms with Crippen molar-refractivity contribution < 1.29 is 9.66 Å². The van der Waals surface area contributed by atoms with Crippen LogP contribution in [0.2, 0.25) is 0 Å². The Morgan fingerprint density at radius 3 is 2.95 bits per heavy atom. The molecule has 0 spiro atoms. The second kappa shape index (κ2) is 7.22. The van der Waals surface area contributed by atoms with Crippen LogP contribution in [0.4, 0.5) is 11.4 Å². The summed E-state index contributed by atoms with van der Waals surface area (Å²) in [6.07, 6.45) is 3.07. The van der Waals surface area contributed by atoms with Crippen molar-refractivity contribution in [3.63, 3.8) is 0 Å². The highest BCUT2D eigenvalue weighted by Gasteiger charge is 2.10. The molecule has 0 fully saturated rings. The fourth-order valence-corrected chi connectivity index (χ4v) is 1.88. The van der Waals surface area contributed by atoms with Gasteiger partial charge in [0.2, 0.25) is 0 Å². The number of ether oxygens (including phenoxy) is 1. The molecule has 0 bridgehead atoms. The minimum absolute atomic E-state index is 0.0127. The van der Waals surface area contributed by atoms with Gasteiger partial charge in [0, 0.05) is 30.8 Å². The molecule has 0 saturated carbocycles. The van der Waals surface area contributed by atoms with Gasteiger partial charge in [0.15, 0.2) is 0 Å². The molecule has 2 rings (SSSR count). The van der Waals surface area contributed by atoms with E-state index in [0.717, 1.165) is 18.7 Å². The Morgan fingerprint density at radius 1 is 1.43 bits per heavy atom. The van der Waals surface area contributed by atoms with Gasteiger partial charge in [-0.3, -0.25) is 15.2 Å². The number of non-ortho nitro benzene ring substituents is 1. The Bertz CT molecular complexity index is 585. The molecule has 1 heterocycles. The largest absolute Gasteiger partial charge is 0.494 e. The number of nitro groups is 1. The molecule has 21 heavy (non-hydrogen) atoms. The molecule has 2 aromatic rings. The number of rotatable bonds is 8. The molecular formula is C13H17N5O3. The summed E-state index contributed by atoms with van der Waals surface area (Å²) >= 11 is 0. The molecule has 1 aromatic carbocycles. The van der Waals surface area contributed by atoms with Crippen molar-refractivity contribution in [1.29, 1.82) is 0 Å². The van der Waals surface area contributed by atoms with Crippen molar-refractivity contribution >= 4 is 11.4 Å². The maximum atomic E-state index is 10.9. The lowest BCUT2D eigenvalue weighted by atomic mass is 10.2. The third kappa shape index (κ3) is 4.44. The van der Waals surface area contributed by atoms with Gasteiger partial charge in [-0.2, -0.15) is 5.10 Å². The minimum atomic E-state index is -0.428. The highest BCUT2D eigenvalue weighted by atomic mass is 16.6. The summed E-state index contributed by atoms with van der Waals surface area (Å²) in [6, 6.07) is 4.67. The number of benzene rings is 1. The number of aromatic nitrogens is 3. The monoisotopic (exact) mass is 291 g/mol. The molecule has 2 N–H and O–H groups in total. The van der Waals surface area contributed by atoms with E-state index in [4.69, 9.17) is 4.74 Å². The van der Waals surface area contributed by atoms with Crippen LogP contribution in [-0.2, 0) is 6.42 Å². The van der Waals surface area contributed by atoms with Gasteiger partial charge < -0.3 is 10.1 Å². The number of anilines is 1. The summed E-state index contributed by atoms with van der Waals surface area (Å²) in [4.78, 5) is 14.5. The van der Waals surface area contributed by atoms with Crippen molar-refractivity contribution in [2.45, 2.75) is 19.8 Å². The maximum Gasteiger partial charge on any atom is 0.275 e. The number of hydrogen-bond donors (Lipinski definition) is 2. The Morgan fingerprint density at radius 2 is 2.29 bits per heavy atom. The first-order valence-electron chi connectivity index (χ1n) is 6.69. The van der Waals surface area contributed by atoms with E-state index in [1.54, 1.807) is 6.07 Å². The lowest BCUT2D eigenvalue weighted by molar-refractivity contribution is -0.384. The number of nitrogens with zero attached hydrogens (tertiary/aromatic N) is 3. The first kappa shape index (κ1) is 14.8. The van der Waals surface area contributed by atoms with Crippen molar-refractivity contribution in [3.8, 4) is 5.75 Å². The van der Waals surface area contributed by atoms with Crippen LogP contribution in [0, 0.1) is 10.1 Å². The maximum absolute atomic E-state index is 10.9. The molecule has 112 valence electrons. The predicted octanol–water partition coefficient (Wildman–Crippen LogP) is 2.16. The summed E-state index contributed by atoms with van der Waals surface area (Å²) in [5.74, 6) is 1.32. The normalized spacial score (nSPS) is 10.3. The Kier molecular flexibility index (Phi) is 5.08. The van der Waals surface area contributed by atoms with E-state index in [9.17, 15) is 10.1 Å². The highest BCUT2D eigenvalue weighted by Crippen LogP contribution is 2.26. The smallest absolute Gasteiger partial charge is 0.275 e. The molecule has 8 nitrogen and oxygen atoms in total. The van der Waals surface area contributed by atoms with Crippen molar-refractivity contribution in [3.05, 3.63) is 40.5 Å². The van der Waals surface area contributed by atoms with Crippen LogP contribution in [0.25, 0.3) is 0 Å². The van der Waals surface area contributed by atoms with Gasteiger partial charge in [-0.15, -0.1) is 0 Å². The van der Waals surface area contributed by atoms with Crippen LogP contribution in [0.1, 0.15) is 19.2 Å². The highest BCUT2D eigenvalue weighted by molar-refractivity contribution is 5.56. The van der Waals surface area contributed by atoms with E-state index in [2.05, 4.69) is 20.5 Å². The average Bonchev–Trinajstić information content (AvgIpc) is 2.97. The molecule has 0 amide bonds. The molecule has 0 radical (unpaired) electrons. The van der Waals surface area contributed by atoms with Crippen LogP contribution in [0.15, 0.2) is 24.5 Å². The minimum Gasteiger partial charge on any atom is -0.494 e. The molecule has 8 heteroatoms. The molecule has 0 aliphatic carbocycles. The van der Waals surface area contributed by atoms with Gasteiger partial charge in [-0.05, 0) is 13.3 Å².